The number of aryl methyl sites for hydroxylation is 1. The van der Waals surface area contributed by atoms with Crippen LogP contribution in [0.5, 0.6) is 0 Å². The fourth-order valence-electron chi connectivity index (χ4n) is 4.68. The molecule has 0 bridgehead atoms. The summed E-state index contributed by atoms with van der Waals surface area (Å²) in [4.78, 5) is 10.7. The van der Waals surface area contributed by atoms with E-state index in [0.29, 0.717) is 17.5 Å². The quantitative estimate of drug-likeness (QED) is 0.793. The molecule has 0 radical (unpaired) electrons. The number of nitrogens with one attached hydrogen (secondary N) is 2. The van der Waals surface area contributed by atoms with Crippen molar-refractivity contribution in [2.45, 2.75) is 68.5 Å². The standard InChI is InChI=1S/C18H23ClN2O2/c19-12-2-1-11-7-8-18(15(11)9-12)10-16(18)20-13-3-5-14(6-4-13)21-17(22)23/h1-2,9,13-14,16,20-21H,3-8,10H2,(H,22,23). The molecule has 1 amide bonds. The third-order valence-corrected chi connectivity index (χ3v) is 6.25. The van der Waals surface area contributed by atoms with Gasteiger partial charge in [-0.15, -0.1) is 0 Å². The molecule has 0 aromatic heterocycles. The number of carboxylic acid groups (broad SMARTS) is 1. The van der Waals surface area contributed by atoms with Crippen LogP contribution in [0.1, 0.15) is 49.7 Å². The van der Waals surface area contributed by atoms with Gasteiger partial charge in [0.25, 0.3) is 0 Å². The van der Waals surface area contributed by atoms with Gasteiger partial charge < -0.3 is 15.7 Å². The lowest BCUT2D eigenvalue weighted by Gasteiger charge is -2.29. The van der Waals surface area contributed by atoms with Gasteiger partial charge in [0.1, 0.15) is 0 Å². The molecule has 2 unspecified atom stereocenters. The van der Waals surface area contributed by atoms with Gasteiger partial charge in [0.05, 0.1) is 0 Å². The first kappa shape index (κ1) is 15.3. The molecule has 3 aliphatic carbocycles. The number of hydrogen-bond acceptors (Lipinski definition) is 2. The summed E-state index contributed by atoms with van der Waals surface area (Å²) in [6, 6.07) is 7.57. The summed E-state index contributed by atoms with van der Waals surface area (Å²) in [6.45, 7) is 0. The van der Waals surface area contributed by atoms with E-state index in [0.717, 1.165) is 30.7 Å². The average Bonchev–Trinajstić information content (AvgIpc) is 3.09. The van der Waals surface area contributed by atoms with E-state index in [2.05, 4.69) is 22.8 Å². The zero-order valence-electron chi connectivity index (χ0n) is 13.1. The Hall–Kier alpha value is -1.26. The Kier molecular flexibility index (Phi) is 3.77. The zero-order valence-corrected chi connectivity index (χ0v) is 13.9. The minimum Gasteiger partial charge on any atom is -0.465 e. The van der Waals surface area contributed by atoms with Crippen molar-refractivity contribution in [1.29, 1.82) is 0 Å². The molecule has 3 aliphatic rings. The molecule has 5 heteroatoms. The molecule has 0 aliphatic heterocycles. The highest BCUT2D eigenvalue weighted by molar-refractivity contribution is 6.30. The van der Waals surface area contributed by atoms with Gasteiger partial charge in [-0.05, 0) is 68.2 Å². The molecule has 3 N–H and O–H groups in total. The van der Waals surface area contributed by atoms with Gasteiger partial charge in [0.15, 0.2) is 0 Å². The third-order valence-electron chi connectivity index (χ3n) is 6.02. The molecule has 4 rings (SSSR count). The van der Waals surface area contributed by atoms with Crippen LogP contribution < -0.4 is 10.6 Å². The van der Waals surface area contributed by atoms with Crippen molar-refractivity contribution in [2.75, 3.05) is 0 Å². The number of halogens is 1. The van der Waals surface area contributed by atoms with Gasteiger partial charge in [-0.2, -0.15) is 0 Å². The summed E-state index contributed by atoms with van der Waals surface area (Å²) >= 11 is 6.20. The maximum absolute atomic E-state index is 10.7. The van der Waals surface area contributed by atoms with Gasteiger partial charge >= 0.3 is 6.09 Å². The molecule has 4 nitrogen and oxygen atoms in total. The van der Waals surface area contributed by atoms with Gasteiger partial charge in [-0.25, -0.2) is 4.79 Å². The van der Waals surface area contributed by atoms with E-state index in [9.17, 15) is 4.79 Å². The number of carbonyl (C=O) groups is 1. The first-order chi connectivity index (χ1) is 11.1. The van der Waals surface area contributed by atoms with E-state index in [1.807, 2.05) is 6.07 Å². The van der Waals surface area contributed by atoms with Crippen molar-refractivity contribution in [1.82, 2.24) is 10.6 Å². The van der Waals surface area contributed by atoms with Crippen LogP contribution in [0.3, 0.4) is 0 Å². The topological polar surface area (TPSA) is 61.4 Å². The molecule has 124 valence electrons. The van der Waals surface area contributed by atoms with E-state index >= 15 is 0 Å². The SMILES string of the molecule is O=C(O)NC1CCC(NC2CC23CCc2ccc(Cl)cc23)CC1. The highest BCUT2D eigenvalue weighted by Gasteiger charge is 2.58. The molecule has 2 fully saturated rings. The second kappa shape index (κ2) is 5.67. The van der Waals surface area contributed by atoms with Crippen molar-refractivity contribution in [3.05, 3.63) is 34.3 Å². The normalized spacial score (nSPS) is 35.1. The Morgan fingerprint density at radius 3 is 2.70 bits per heavy atom. The maximum Gasteiger partial charge on any atom is 0.404 e. The minimum absolute atomic E-state index is 0.129. The molecule has 2 atom stereocenters. The van der Waals surface area contributed by atoms with Crippen molar-refractivity contribution < 1.29 is 9.90 Å². The molecule has 0 heterocycles. The van der Waals surface area contributed by atoms with Crippen LogP contribution >= 0.6 is 11.6 Å². The van der Waals surface area contributed by atoms with Gasteiger partial charge in [-0.1, -0.05) is 17.7 Å². The number of hydrogen-bond donors (Lipinski definition) is 3. The largest absolute Gasteiger partial charge is 0.465 e. The Morgan fingerprint density at radius 2 is 1.96 bits per heavy atom. The van der Waals surface area contributed by atoms with E-state index in [1.54, 1.807) is 0 Å². The van der Waals surface area contributed by atoms with Crippen LogP contribution in [0.25, 0.3) is 0 Å². The molecule has 1 spiro atoms. The molecule has 23 heavy (non-hydrogen) atoms. The Balaban J connectivity index is 1.35. The maximum atomic E-state index is 10.7. The van der Waals surface area contributed by atoms with Crippen LogP contribution in [0.15, 0.2) is 18.2 Å². The highest BCUT2D eigenvalue weighted by Crippen LogP contribution is 2.57. The Labute approximate surface area is 141 Å². The molecule has 0 saturated heterocycles. The summed E-state index contributed by atoms with van der Waals surface area (Å²) in [7, 11) is 0. The summed E-state index contributed by atoms with van der Waals surface area (Å²) in [6.07, 6.45) is 6.70. The zero-order chi connectivity index (χ0) is 16.0. The summed E-state index contributed by atoms with van der Waals surface area (Å²) in [5.74, 6) is 0. The van der Waals surface area contributed by atoms with E-state index < -0.39 is 6.09 Å². The van der Waals surface area contributed by atoms with Crippen molar-refractivity contribution >= 4 is 17.7 Å². The predicted molar refractivity (Wildman–Crippen MR) is 90.2 cm³/mol. The minimum atomic E-state index is -0.901. The van der Waals surface area contributed by atoms with Crippen molar-refractivity contribution in [3.8, 4) is 0 Å². The van der Waals surface area contributed by atoms with Gasteiger partial charge in [-0.3, -0.25) is 0 Å². The summed E-state index contributed by atoms with van der Waals surface area (Å²) in [5.41, 5.74) is 3.24. The molecule has 1 aromatic carbocycles. The fraction of sp³-hybridized carbons (Fsp3) is 0.611. The van der Waals surface area contributed by atoms with E-state index in [4.69, 9.17) is 16.7 Å². The number of fused-ring (bicyclic) bond motifs is 2. The van der Waals surface area contributed by atoms with Crippen molar-refractivity contribution in [3.63, 3.8) is 0 Å². The summed E-state index contributed by atoms with van der Waals surface area (Å²) < 4.78 is 0. The lowest BCUT2D eigenvalue weighted by molar-refractivity contribution is 0.183. The molecule has 1 aromatic rings. The highest BCUT2D eigenvalue weighted by atomic mass is 35.5. The summed E-state index contributed by atoms with van der Waals surface area (Å²) in [5, 5.41) is 16.1. The van der Waals surface area contributed by atoms with Crippen LogP contribution in [-0.2, 0) is 11.8 Å². The predicted octanol–water partition coefficient (Wildman–Crippen LogP) is 3.46. The average molecular weight is 335 g/mol. The van der Waals surface area contributed by atoms with Crippen molar-refractivity contribution in [2.24, 2.45) is 0 Å². The monoisotopic (exact) mass is 334 g/mol. The smallest absolute Gasteiger partial charge is 0.404 e. The first-order valence-corrected chi connectivity index (χ1v) is 8.99. The van der Waals surface area contributed by atoms with Gasteiger partial charge in [0.2, 0.25) is 0 Å². The molecule has 2 saturated carbocycles. The van der Waals surface area contributed by atoms with Crippen LogP contribution in [0.2, 0.25) is 5.02 Å². The fourth-order valence-corrected chi connectivity index (χ4v) is 4.86. The second-order valence-electron chi connectivity index (χ2n) is 7.38. The third kappa shape index (κ3) is 2.83. The Morgan fingerprint density at radius 1 is 1.22 bits per heavy atom. The molecular weight excluding hydrogens is 312 g/mol. The van der Waals surface area contributed by atoms with Crippen LogP contribution in [0.4, 0.5) is 4.79 Å². The van der Waals surface area contributed by atoms with E-state index in [1.165, 1.54) is 30.4 Å². The van der Waals surface area contributed by atoms with E-state index in [-0.39, 0.29) is 6.04 Å². The van der Waals surface area contributed by atoms with Crippen LogP contribution in [-0.4, -0.2) is 29.3 Å². The lowest BCUT2D eigenvalue weighted by Crippen LogP contribution is -2.43. The van der Waals surface area contributed by atoms with Crippen LogP contribution in [0, 0.1) is 0 Å². The lowest BCUT2D eigenvalue weighted by atomic mass is 9.90. The molecular formula is C18H23ClN2O2. The van der Waals surface area contributed by atoms with Gasteiger partial charge in [0, 0.05) is 28.6 Å². The Bertz CT molecular complexity index is 627. The first-order valence-electron chi connectivity index (χ1n) is 8.61. The number of amides is 1. The number of rotatable bonds is 3. The number of benzene rings is 1. The second-order valence-corrected chi connectivity index (χ2v) is 7.82.